The van der Waals surface area contributed by atoms with Crippen molar-refractivity contribution in [2.75, 3.05) is 11.1 Å². The first-order valence-corrected chi connectivity index (χ1v) is 5.78. The monoisotopic (exact) mass is 261 g/mol. The smallest absolute Gasteiger partial charge is 0.337 e. The van der Waals surface area contributed by atoms with Gasteiger partial charge in [-0.15, -0.1) is 0 Å². The highest BCUT2D eigenvalue weighted by Crippen LogP contribution is 2.24. The molecular formula is C13H15N3O3. The lowest BCUT2D eigenvalue weighted by molar-refractivity contribution is 0.0698. The van der Waals surface area contributed by atoms with Gasteiger partial charge in [-0.2, -0.15) is 0 Å². The zero-order chi connectivity index (χ0) is 14.0. The average Bonchev–Trinajstić information content (AvgIpc) is 2.68. The summed E-state index contributed by atoms with van der Waals surface area (Å²) in [5, 5.41) is 16.0. The number of rotatable bonds is 4. The van der Waals surface area contributed by atoms with Crippen molar-refractivity contribution in [1.29, 1.82) is 0 Å². The number of nitrogen functional groups attached to an aromatic ring is 1. The van der Waals surface area contributed by atoms with Crippen LogP contribution in [0.5, 0.6) is 0 Å². The summed E-state index contributed by atoms with van der Waals surface area (Å²) in [4.78, 5) is 11.0. The molecule has 2 rings (SSSR count). The number of aromatic nitrogens is 1. The van der Waals surface area contributed by atoms with Crippen molar-refractivity contribution in [3.63, 3.8) is 0 Å². The van der Waals surface area contributed by atoms with Gasteiger partial charge in [-0.3, -0.25) is 0 Å². The number of nitrogens with one attached hydrogen (secondary N) is 1. The van der Waals surface area contributed by atoms with Crippen molar-refractivity contribution in [3.8, 4) is 0 Å². The molecule has 2 aromatic rings. The summed E-state index contributed by atoms with van der Waals surface area (Å²) < 4.78 is 5.06. The van der Waals surface area contributed by atoms with Crippen molar-refractivity contribution in [3.05, 3.63) is 40.8 Å². The molecule has 6 heteroatoms. The molecule has 19 heavy (non-hydrogen) atoms. The van der Waals surface area contributed by atoms with Crippen molar-refractivity contribution in [2.45, 2.75) is 20.4 Å². The van der Waals surface area contributed by atoms with E-state index in [0.717, 1.165) is 17.0 Å². The fourth-order valence-electron chi connectivity index (χ4n) is 1.84. The van der Waals surface area contributed by atoms with E-state index in [1.54, 1.807) is 12.1 Å². The van der Waals surface area contributed by atoms with Crippen LogP contribution < -0.4 is 11.1 Å². The molecule has 4 N–H and O–H groups in total. The first kappa shape index (κ1) is 12.9. The number of nitrogens with two attached hydrogens (primary N) is 1. The second kappa shape index (κ2) is 5.01. The third-order valence-electron chi connectivity index (χ3n) is 2.97. The number of carbonyl (C=O) groups is 1. The molecular weight excluding hydrogens is 246 g/mol. The van der Waals surface area contributed by atoms with E-state index in [4.69, 9.17) is 15.4 Å². The molecule has 0 fully saturated rings. The first-order valence-electron chi connectivity index (χ1n) is 5.78. The van der Waals surface area contributed by atoms with Crippen LogP contribution in [0.3, 0.4) is 0 Å². The van der Waals surface area contributed by atoms with E-state index >= 15 is 0 Å². The van der Waals surface area contributed by atoms with E-state index in [9.17, 15) is 4.79 Å². The summed E-state index contributed by atoms with van der Waals surface area (Å²) >= 11 is 0. The SMILES string of the molecule is Cc1noc(C)c1CNc1cccc(C(=O)O)c1N. The van der Waals surface area contributed by atoms with Crippen molar-refractivity contribution in [2.24, 2.45) is 0 Å². The van der Waals surface area contributed by atoms with E-state index in [2.05, 4.69) is 10.5 Å². The second-order valence-electron chi connectivity index (χ2n) is 4.23. The predicted molar refractivity (Wildman–Crippen MR) is 71.1 cm³/mol. The lowest BCUT2D eigenvalue weighted by Crippen LogP contribution is -2.08. The number of hydrogen-bond donors (Lipinski definition) is 3. The summed E-state index contributed by atoms with van der Waals surface area (Å²) in [5.41, 5.74) is 8.46. The quantitative estimate of drug-likeness (QED) is 0.729. The Morgan fingerprint density at radius 3 is 2.79 bits per heavy atom. The highest BCUT2D eigenvalue weighted by molar-refractivity contribution is 5.97. The molecule has 0 unspecified atom stereocenters. The van der Waals surface area contributed by atoms with Gasteiger partial charge < -0.3 is 20.7 Å². The predicted octanol–water partition coefficient (Wildman–Crippen LogP) is 2.18. The van der Waals surface area contributed by atoms with Crippen LogP contribution in [-0.2, 0) is 6.54 Å². The van der Waals surface area contributed by atoms with Gasteiger partial charge >= 0.3 is 5.97 Å². The number of aromatic carboxylic acids is 1. The molecule has 100 valence electrons. The number of anilines is 2. The third-order valence-corrected chi connectivity index (χ3v) is 2.97. The number of aryl methyl sites for hydroxylation is 2. The molecule has 0 amide bonds. The van der Waals surface area contributed by atoms with Crippen LogP contribution in [0.4, 0.5) is 11.4 Å². The fourth-order valence-corrected chi connectivity index (χ4v) is 1.84. The van der Waals surface area contributed by atoms with Gasteiger partial charge in [0.2, 0.25) is 0 Å². The van der Waals surface area contributed by atoms with E-state index in [-0.39, 0.29) is 11.3 Å². The minimum absolute atomic E-state index is 0.0868. The van der Waals surface area contributed by atoms with E-state index < -0.39 is 5.97 Å². The lowest BCUT2D eigenvalue weighted by Gasteiger charge is -2.10. The van der Waals surface area contributed by atoms with E-state index in [0.29, 0.717) is 12.2 Å². The van der Waals surface area contributed by atoms with Gasteiger partial charge in [0.1, 0.15) is 5.76 Å². The number of para-hydroxylation sites is 1. The molecule has 1 aromatic heterocycles. The lowest BCUT2D eigenvalue weighted by atomic mass is 10.1. The normalized spacial score (nSPS) is 10.4. The van der Waals surface area contributed by atoms with Crippen LogP contribution in [0, 0.1) is 13.8 Å². The summed E-state index contributed by atoms with van der Waals surface area (Å²) in [7, 11) is 0. The second-order valence-corrected chi connectivity index (χ2v) is 4.23. The Kier molecular flexibility index (Phi) is 3.41. The maximum absolute atomic E-state index is 11.0. The molecule has 0 spiro atoms. The minimum atomic E-state index is -1.04. The number of hydrogen-bond acceptors (Lipinski definition) is 5. The van der Waals surface area contributed by atoms with Crippen LogP contribution in [0.15, 0.2) is 22.7 Å². The van der Waals surface area contributed by atoms with E-state index in [1.807, 2.05) is 13.8 Å². The number of carboxylic acid groups (broad SMARTS) is 1. The Labute approximate surface area is 110 Å². The summed E-state index contributed by atoms with van der Waals surface area (Å²) in [6.07, 6.45) is 0. The standard InChI is InChI=1S/C13H15N3O3/c1-7-10(8(2)19-16-7)6-15-11-5-3-4-9(12(11)14)13(17)18/h3-5,15H,6,14H2,1-2H3,(H,17,18). The van der Waals surface area contributed by atoms with Gasteiger partial charge in [-0.1, -0.05) is 11.2 Å². The van der Waals surface area contributed by atoms with Crippen LogP contribution in [0.25, 0.3) is 0 Å². The van der Waals surface area contributed by atoms with Crippen LogP contribution in [-0.4, -0.2) is 16.2 Å². The molecule has 0 saturated carbocycles. The Balaban J connectivity index is 2.21. The van der Waals surface area contributed by atoms with Gasteiger partial charge in [0.25, 0.3) is 0 Å². The minimum Gasteiger partial charge on any atom is -0.478 e. The number of nitrogens with zero attached hydrogens (tertiary/aromatic N) is 1. The molecule has 0 aliphatic carbocycles. The van der Waals surface area contributed by atoms with Gasteiger partial charge in [-0.05, 0) is 26.0 Å². The van der Waals surface area contributed by atoms with E-state index in [1.165, 1.54) is 6.07 Å². The molecule has 0 radical (unpaired) electrons. The molecule has 0 aliphatic rings. The molecule has 1 aromatic carbocycles. The number of carboxylic acids is 1. The number of benzene rings is 1. The van der Waals surface area contributed by atoms with Gasteiger partial charge in [0, 0.05) is 12.1 Å². The molecule has 0 atom stereocenters. The maximum atomic E-state index is 11.0. The largest absolute Gasteiger partial charge is 0.478 e. The van der Waals surface area contributed by atoms with Crippen molar-refractivity contribution < 1.29 is 14.4 Å². The Morgan fingerprint density at radius 2 is 2.21 bits per heavy atom. The van der Waals surface area contributed by atoms with Crippen LogP contribution in [0.1, 0.15) is 27.4 Å². The van der Waals surface area contributed by atoms with Gasteiger partial charge in [0.15, 0.2) is 0 Å². The topological polar surface area (TPSA) is 101 Å². The Hall–Kier alpha value is -2.50. The van der Waals surface area contributed by atoms with Gasteiger partial charge in [-0.25, -0.2) is 4.79 Å². The molecule has 6 nitrogen and oxygen atoms in total. The zero-order valence-electron chi connectivity index (χ0n) is 10.7. The zero-order valence-corrected chi connectivity index (χ0v) is 10.7. The van der Waals surface area contributed by atoms with Crippen LogP contribution in [0.2, 0.25) is 0 Å². The van der Waals surface area contributed by atoms with Crippen LogP contribution >= 0.6 is 0 Å². The maximum Gasteiger partial charge on any atom is 0.337 e. The first-order chi connectivity index (χ1) is 9.00. The highest BCUT2D eigenvalue weighted by atomic mass is 16.5. The summed E-state index contributed by atoms with van der Waals surface area (Å²) in [6, 6.07) is 4.86. The Bertz CT molecular complexity index is 600. The van der Waals surface area contributed by atoms with Gasteiger partial charge in [0.05, 0.1) is 22.6 Å². The average molecular weight is 261 g/mol. The molecule has 0 bridgehead atoms. The molecule has 1 heterocycles. The van der Waals surface area contributed by atoms with Crippen molar-refractivity contribution in [1.82, 2.24) is 5.16 Å². The molecule has 0 saturated heterocycles. The third kappa shape index (κ3) is 2.52. The molecule has 0 aliphatic heterocycles. The summed E-state index contributed by atoms with van der Waals surface area (Å²) in [6.45, 7) is 4.16. The van der Waals surface area contributed by atoms with Crippen molar-refractivity contribution >= 4 is 17.3 Å². The highest BCUT2D eigenvalue weighted by Gasteiger charge is 2.12. The fraction of sp³-hybridized carbons (Fsp3) is 0.231. The Morgan fingerprint density at radius 1 is 1.47 bits per heavy atom. The summed E-state index contributed by atoms with van der Waals surface area (Å²) in [5.74, 6) is -0.309.